The zero-order valence-electron chi connectivity index (χ0n) is 14.8. The van der Waals surface area contributed by atoms with Crippen LogP contribution in [0.4, 0.5) is 0 Å². The zero-order chi connectivity index (χ0) is 16.7. The van der Waals surface area contributed by atoms with Gasteiger partial charge in [-0.2, -0.15) is 0 Å². The SMILES string of the molecule is CCCN1CCCCC1C(=O)N(C)CCOc1cccc(C)c1. The highest BCUT2D eigenvalue weighted by Gasteiger charge is 2.29. The third-order valence-electron chi connectivity index (χ3n) is 4.47. The van der Waals surface area contributed by atoms with Gasteiger partial charge in [-0.25, -0.2) is 0 Å². The van der Waals surface area contributed by atoms with Crippen LogP contribution in [-0.4, -0.2) is 55.0 Å². The number of hydrogen-bond acceptors (Lipinski definition) is 3. The first-order valence-electron chi connectivity index (χ1n) is 8.80. The van der Waals surface area contributed by atoms with Crippen molar-refractivity contribution in [3.05, 3.63) is 29.8 Å². The van der Waals surface area contributed by atoms with E-state index in [1.165, 1.54) is 12.0 Å². The highest BCUT2D eigenvalue weighted by Crippen LogP contribution is 2.19. The molecule has 4 heteroatoms. The zero-order valence-corrected chi connectivity index (χ0v) is 14.8. The van der Waals surface area contributed by atoms with Crippen LogP contribution in [0.1, 0.15) is 38.2 Å². The largest absolute Gasteiger partial charge is 0.492 e. The Bertz CT molecular complexity index is 502. The Morgan fingerprint density at radius 1 is 1.39 bits per heavy atom. The molecule has 0 saturated carbocycles. The van der Waals surface area contributed by atoms with E-state index in [0.29, 0.717) is 13.2 Å². The summed E-state index contributed by atoms with van der Waals surface area (Å²) in [6.07, 6.45) is 4.46. The molecule has 128 valence electrons. The molecule has 1 saturated heterocycles. The van der Waals surface area contributed by atoms with E-state index in [1.807, 2.05) is 43.1 Å². The Labute approximate surface area is 140 Å². The van der Waals surface area contributed by atoms with Gasteiger partial charge >= 0.3 is 0 Å². The number of nitrogens with zero attached hydrogens (tertiary/aromatic N) is 2. The number of piperidine rings is 1. The van der Waals surface area contributed by atoms with Gasteiger partial charge in [-0.05, 0) is 57.0 Å². The molecule has 1 amide bonds. The van der Waals surface area contributed by atoms with Crippen molar-refractivity contribution < 1.29 is 9.53 Å². The quantitative estimate of drug-likeness (QED) is 0.774. The number of hydrogen-bond donors (Lipinski definition) is 0. The Morgan fingerprint density at radius 3 is 2.96 bits per heavy atom. The van der Waals surface area contributed by atoms with Gasteiger partial charge in [-0.15, -0.1) is 0 Å². The molecule has 23 heavy (non-hydrogen) atoms. The number of likely N-dealkylation sites (tertiary alicyclic amines) is 1. The Kier molecular flexibility index (Phi) is 6.90. The van der Waals surface area contributed by atoms with Crippen molar-refractivity contribution in [1.29, 1.82) is 0 Å². The highest BCUT2D eigenvalue weighted by molar-refractivity contribution is 5.81. The first-order chi connectivity index (χ1) is 11.1. The van der Waals surface area contributed by atoms with Crippen LogP contribution in [0, 0.1) is 6.92 Å². The van der Waals surface area contributed by atoms with E-state index >= 15 is 0 Å². The van der Waals surface area contributed by atoms with Crippen LogP contribution in [0.2, 0.25) is 0 Å². The maximum atomic E-state index is 12.7. The molecule has 1 unspecified atom stereocenters. The van der Waals surface area contributed by atoms with Gasteiger partial charge in [0.2, 0.25) is 5.91 Å². The molecule has 0 aromatic heterocycles. The first kappa shape index (κ1) is 17.8. The second kappa shape index (κ2) is 8.92. The van der Waals surface area contributed by atoms with Gasteiger partial charge in [0.15, 0.2) is 0 Å². The summed E-state index contributed by atoms with van der Waals surface area (Å²) >= 11 is 0. The number of rotatable bonds is 7. The van der Waals surface area contributed by atoms with E-state index < -0.39 is 0 Å². The number of carbonyl (C=O) groups is 1. The Hall–Kier alpha value is -1.55. The Morgan fingerprint density at radius 2 is 2.22 bits per heavy atom. The number of benzene rings is 1. The van der Waals surface area contributed by atoms with E-state index in [2.05, 4.69) is 11.8 Å². The lowest BCUT2D eigenvalue weighted by molar-refractivity contribution is -0.137. The molecule has 0 bridgehead atoms. The molecule has 0 N–H and O–H groups in total. The molecule has 1 aromatic carbocycles. The molecule has 4 nitrogen and oxygen atoms in total. The lowest BCUT2D eigenvalue weighted by Crippen LogP contribution is -2.50. The number of ether oxygens (including phenoxy) is 1. The normalized spacial score (nSPS) is 18.7. The van der Waals surface area contributed by atoms with Crippen LogP contribution in [-0.2, 0) is 4.79 Å². The molecular weight excluding hydrogens is 288 g/mol. The van der Waals surface area contributed by atoms with Crippen LogP contribution in [0.25, 0.3) is 0 Å². The minimum Gasteiger partial charge on any atom is -0.492 e. The highest BCUT2D eigenvalue weighted by atomic mass is 16.5. The van der Waals surface area contributed by atoms with Crippen LogP contribution in [0.5, 0.6) is 5.75 Å². The van der Waals surface area contributed by atoms with Crippen molar-refractivity contribution in [2.45, 2.75) is 45.6 Å². The minimum atomic E-state index is 0.0627. The van der Waals surface area contributed by atoms with Gasteiger partial charge in [0, 0.05) is 7.05 Å². The maximum absolute atomic E-state index is 12.7. The fourth-order valence-corrected chi connectivity index (χ4v) is 3.20. The topological polar surface area (TPSA) is 32.8 Å². The second-order valence-electron chi connectivity index (χ2n) is 6.47. The molecule has 1 atom stereocenters. The fraction of sp³-hybridized carbons (Fsp3) is 0.632. The average molecular weight is 318 g/mol. The molecule has 1 heterocycles. The Balaban J connectivity index is 1.81. The smallest absolute Gasteiger partial charge is 0.239 e. The summed E-state index contributed by atoms with van der Waals surface area (Å²) in [6, 6.07) is 8.08. The van der Waals surface area contributed by atoms with Crippen molar-refractivity contribution in [1.82, 2.24) is 9.80 Å². The van der Waals surface area contributed by atoms with Crippen LogP contribution in [0.15, 0.2) is 24.3 Å². The third kappa shape index (κ3) is 5.24. The molecule has 0 aliphatic carbocycles. The molecule has 0 radical (unpaired) electrons. The number of amides is 1. The van der Waals surface area contributed by atoms with Gasteiger partial charge in [0.1, 0.15) is 12.4 Å². The maximum Gasteiger partial charge on any atom is 0.239 e. The van der Waals surface area contributed by atoms with Crippen molar-refractivity contribution in [2.24, 2.45) is 0 Å². The summed E-state index contributed by atoms with van der Waals surface area (Å²) in [6.45, 7) is 7.46. The summed E-state index contributed by atoms with van der Waals surface area (Å²) in [7, 11) is 1.89. The summed E-state index contributed by atoms with van der Waals surface area (Å²) in [5.41, 5.74) is 1.18. The second-order valence-corrected chi connectivity index (χ2v) is 6.47. The van der Waals surface area contributed by atoms with Gasteiger partial charge in [-0.1, -0.05) is 25.5 Å². The van der Waals surface area contributed by atoms with Crippen molar-refractivity contribution in [2.75, 3.05) is 33.3 Å². The molecule has 1 fully saturated rings. The molecule has 2 rings (SSSR count). The van der Waals surface area contributed by atoms with Gasteiger partial charge < -0.3 is 9.64 Å². The van der Waals surface area contributed by atoms with Gasteiger partial charge in [0.05, 0.1) is 12.6 Å². The lowest BCUT2D eigenvalue weighted by Gasteiger charge is -2.36. The van der Waals surface area contributed by atoms with E-state index in [4.69, 9.17) is 4.74 Å². The summed E-state index contributed by atoms with van der Waals surface area (Å²) in [5.74, 6) is 1.11. The first-order valence-corrected chi connectivity index (χ1v) is 8.80. The lowest BCUT2D eigenvalue weighted by atomic mass is 10.0. The molecular formula is C19H30N2O2. The average Bonchev–Trinajstić information content (AvgIpc) is 2.55. The van der Waals surface area contributed by atoms with Crippen LogP contribution < -0.4 is 4.74 Å². The van der Waals surface area contributed by atoms with Crippen LogP contribution in [0.3, 0.4) is 0 Å². The monoisotopic (exact) mass is 318 g/mol. The van der Waals surface area contributed by atoms with Gasteiger partial charge in [0.25, 0.3) is 0 Å². The summed E-state index contributed by atoms with van der Waals surface area (Å²) in [4.78, 5) is 16.9. The van der Waals surface area contributed by atoms with Crippen molar-refractivity contribution in [3.63, 3.8) is 0 Å². The molecule has 1 aliphatic heterocycles. The van der Waals surface area contributed by atoms with Gasteiger partial charge in [-0.3, -0.25) is 9.69 Å². The van der Waals surface area contributed by atoms with Crippen LogP contribution >= 0.6 is 0 Å². The van der Waals surface area contributed by atoms with E-state index in [-0.39, 0.29) is 11.9 Å². The number of carbonyl (C=O) groups excluding carboxylic acids is 1. The molecule has 1 aliphatic rings. The standard InChI is InChI=1S/C19H30N2O2/c1-4-11-21-12-6-5-10-18(21)19(22)20(3)13-14-23-17-9-7-8-16(2)15-17/h7-9,15,18H,4-6,10-14H2,1-3H3. The summed E-state index contributed by atoms with van der Waals surface area (Å²) < 4.78 is 5.76. The predicted octanol–water partition coefficient (Wildman–Crippen LogP) is 3.10. The van der Waals surface area contributed by atoms with Crippen molar-refractivity contribution in [3.8, 4) is 5.75 Å². The minimum absolute atomic E-state index is 0.0627. The van der Waals surface area contributed by atoms with Crippen molar-refractivity contribution >= 4 is 5.91 Å². The molecule has 0 spiro atoms. The predicted molar refractivity (Wildman–Crippen MR) is 93.8 cm³/mol. The van der Waals surface area contributed by atoms with E-state index in [0.717, 1.165) is 38.1 Å². The summed E-state index contributed by atoms with van der Waals surface area (Å²) in [5, 5.41) is 0. The van der Waals surface area contributed by atoms with E-state index in [1.54, 1.807) is 0 Å². The number of likely N-dealkylation sites (N-methyl/N-ethyl adjacent to an activating group) is 1. The number of aryl methyl sites for hydroxylation is 1. The van der Waals surface area contributed by atoms with E-state index in [9.17, 15) is 4.79 Å². The molecule has 1 aromatic rings. The fourth-order valence-electron chi connectivity index (χ4n) is 3.20. The third-order valence-corrected chi connectivity index (χ3v) is 4.47.